The van der Waals surface area contributed by atoms with Gasteiger partial charge in [0.05, 0.1) is 17.7 Å². The zero-order valence-corrected chi connectivity index (χ0v) is 11.5. The molecule has 0 aliphatic heterocycles. The van der Waals surface area contributed by atoms with E-state index in [2.05, 4.69) is 15.4 Å². The highest BCUT2D eigenvalue weighted by molar-refractivity contribution is 5.92. The van der Waals surface area contributed by atoms with Crippen LogP contribution in [0.2, 0.25) is 0 Å². The van der Waals surface area contributed by atoms with Crippen LogP contribution < -0.4 is 10.6 Å². The number of likely N-dealkylation sites (N-methyl/N-ethyl adjacent to an activating group) is 1. The van der Waals surface area contributed by atoms with Gasteiger partial charge in [0, 0.05) is 7.05 Å². The molecule has 120 valence electrons. The molecular formula is C13H13F3N2O4. The molecule has 0 aromatic heterocycles. The van der Waals surface area contributed by atoms with Crippen molar-refractivity contribution in [2.45, 2.75) is 6.18 Å². The maximum Gasteiger partial charge on any atom is 0.416 e. The van der Waals surface area contributed by atoms with Gasteiger partial charge in [-0.05, 0) is 24.3 Å². The quantitative estimate of drug-likeness (QED) is 0.784. The van der Waals surface area contributed by atoms with Crippen LogP contribution in [0.15, 0.2) is 24.3 Å². The van der Waals surface area contributed by atoms with Crippen LogP contribution in [0, 0.1) is 0 Å². The van der Waals surface area contributed by atoms with Gasteiger partial charge in [-0.3, -0.25) is 9.59 Å². The van der Waals surface area contributed by atoms with Crippen molar-refractivity contribution in [1.29, 1.82) is 0 Å². The monoisotopic (exact) mass is 318 g/mol. The van der Waals surface area contributed by atoms with E-state index in [9.17, 15) is 27.6 Å². The van der Waals surface area contributed by atoms with Crippen molar-refractivity contribution in [2.75, 3.05) is 20.2 Å². The van der Waals surface area contributed by atoms with Gasteiger partial charge in [-0.15, -0.1) is 0 Å². The van der Waals surface area contributed by atoms with E-state index in [0.717, 1.165) is 24.3 Å². The summed E-state index contributed by atoms with van der Waals surface area (Å²) in [6.07, 6.45) is -4.50. The molecule has 0 aliphatic rings. The third-order valence-electron chi connectivity index (χ3n) is 2.51. The molecule has 2 N–H and O–H groups in total. The number of benzene rings is 1. The summed E-state index contributed by atoms with van der Waals surface area (Å²) in [5, 5.41) is 4.47. The predicted molar refractivity (Wildman–Crippen MR) is 68.8 cm³/mol. The molecule has 0 unspecified atom stereocenters. The topological polar surface area (TPSA) is 84.5 Å². The number of ether oxygens (including phenoxy) is 1. The molecule has 0 radical (unpaired) electrons. The molecule has 6 nitrogen and oxygen atoms in total. The molecule has 1 aromatic rings. The number of halogens is 3. The van der Waals surface area contributed by atoms with Crippen LogP contribution in [0.1, 0.15) is 15.9 Å². The van der Waals surface area contributed by atoms with Gasteiger partial charge in [0.25, 0.3) is 5.91 Å². The highest BCUT2D eigenvalue weighted by atomic mass is 19.4. The lowest BCUT2D eigenvalue weighted by molar-refractivity contribution is -0.137. The second-order valence-electron chi connectivity index (χ2n) is 4.10. The molecule has 0 fully saturated rings. The van der Waals surface area contributed by atoms with Crippen LogP contribution in [-0.4, -0.2) is 38.0 Å². The van der Waals surface area contributed by atoms with Gasteiger partial charge in [0.1, 0.15) is 0 Å². The maximum atomic E-state index is 12.4. The summed E-state index contributed by atoms with van der Waals surface area (Å²) >= 11 is 0. The van der Waals surface area contributed by atoms with Gasteiger partial charge in [0.15, 0.2) is 6.61 Å². The molecule has 0 aliphatic carbocycles. The number of rotatable bonds is 5. The minimum absolute atomic E-state index is 0.118. The van der Waals surface area contributed by atoms with Crippen molar-refractivity contribution in [3.63, 3.8) is 0 Å². The van der Waals surface area contributed by atoms with Crippen molar-refractivity contribution in [1.82, 2.24) is 10.6 Å². The molecule has 22 heavy (non-hydrogen) atoms. The van der Waals surface area contributed by atoms with E-state index < -0.39 is 36.1 Å². The molecular weight excluding hydrogens is 305 g/mol. The Morgan fingerprint density at radius 1 is 1.09 bits per heavy atom. The lowest BCUT2D eigenvalue weighted by Crippen LogP contribution is -2.37. The molecule has 0 saturated carbocycles. The zero-order chi connectivity index (χ0) is 16.8. The third kappa shape index (κ3) is 5.43. The Balaban J connectivity index is 2.49. The summed E-state index contributed by atoms with van der Waals surface area (Å²) in [5.41, 5.74) is -1.01. The van der Waals surface area contributed by atoms with E-state index in [0.29, 0.717) is 0 Å². The highest BCUT2D eigenvalue weighted by Gasteiger charge is 2.30. The van der Waals surface area contributed by atoms with Crippen LogP contribution in [0.25, 0.3) is 0 Å². The van der Waals surface area contributed by atoms with Gasteiger partial charge in [-0.1, -0.05) is 0 Å². The molecule has 0 spiro atoms. The molecule has 0 heterocycles. The summed E-state index contributed by atoms with van der Waals surface area (Å²) in [4.78, 5) is 33.7. The van der Waals surface area contributed by atoms with Gasteiger partial charge in [0.2, 0.25) is 5.91 Å². The highest BCUT2D eigenvalue weighted by Crippen LogP contribution is 2.29. The Morgan fingerprint density at radius 3 is 2.18 bits per heavy atom. The summed E-state index contributed by atoms with van der Waals surface area (Å²) in [7, 11) is 1.39. The first-order valence-corrected chi connectivity index (χ1v) is 6.05. The minimum atomic E-state index is -4.50. The SMILES string of the molecule is CNC(=O)CNC(=O)COC(=O)c1ccc(C(F)(F)F)cc1. The summed E-state index contributed by atoms with van der Waals surface area (Å²) < 4.78 is 41.7. The average molecular weight is 318 g/mol. The number of hydrogen-bond donors (Lipinski definition) is 2. The summed E-state index contributed by atoms with van der Waals surface area (Å²) in [6, 6.07) is 3.38. The van der Waals surface area contributed by atoms with E-state index in [4.69, 9.17) is 0 Å². The first-order valence-electron chi connectivity index (χ1n) is 6.05. The van der Waals surface area contributed by atoms with Crippen LogP contribution in [0.4, 0.5) is 13.2 Å². The van der Waals surface area contributed by atoms with Crippen LogP contribution >= 0.6 is 0 Å². The maximum absolute atomic E-state index is 12.4. The Bertz CT molecular complexity index is 555. The second-order valence-corrected chi connectivity index (χ2v) is 4.10. The normalized spacial score (nSPS) is 10.7. The van der Waals surface area contributed by atoms with Crippen molar-refractivity contribution < 1.29 is 32.3 Å². The predicted octanol–water partition coefficient (Wildman–Crippen LogP) is 0.724. The molecule has 1 rings (SSSR count). The molecule has 1 aromatic carbocycles. The third-order valence-corrected chi connectivity index (χ3v) is 2.51. The van der Waals surface area contributed by atoms with Gasteiger partial charge < -0.3 is 15.4 Å². The van der Waals surface area contributed by atoms with E-state index in [1.165, 1.54) is 7.05 Å². The van der Waals surface area contributed by atoms with Crippen molar-refractivity contribution in [3.05, 3.63) is 35.4 Å². The Morgan fingerprint density at radius 2 is 1.68 bits per heavy atom. The van der Waals surface area contributed by atoms with E-state index in [1.54, 1.807) is 0 Å². The Labute approximate surface area is 123 Å². The fraction of sp³-hybridized carbons (Fsp3) is 0.308. The number of alkyl halides is 3. The fourth-order valence-corrected chi connectivity index (χ4v) is 1.33. The standard InChI is InChI=1S/C13H13F3N2O4/c1-17-10(19)6-18-11(20)7-22-12(21)8-2-4-9(5-3-8)13(14,15)16/h2-5H,6-7H2,1H3,(H,17,19)(H,18,20). The minimum Gasteiger partial charge on any atom is -0.452 e. The van der Waals surface area contributed by atoms with Crippen molar-refractivity contribution >= 4 is 17.8 Å². The van der Waals surface area contributed by atoms with Crippen molar-refractivity contribution in [2.24, 2.45) is 0 Å². The van der Waals surface area contributed by atoms with E-state index >= 15 is 0 Å². The second kappa shape index (κ2) is 7.43. The molecule has 0 bridgehead atoms. The first kappa shape index (κ1) is 17.5. The molecule has 2 amide bonds. The fourth-order valence-electron chi connectivity index (χ4n) is 1.33. The Hall–Kier alpha value is -2.58. The van der Waals surface area contributed by atoms with E-state index in [1.807, 2.05) is 0 Å². The molecule has 9 heteroatoms. The van der Waals surface area contributed by atoms with Crippen LogP contribution in [-0.2, 0) is 20.5 Å². The van der Waals surface area contributed by atoms with Gasteiger partial charge in [-0.25, -0.2) is 4.79 Å². The van der Waals surface area contributed by atoms with Gasteiger partial charge in [-0.2, -0.15) is 13.2 Å². The molecule has 0 saturated heterocycles. The number of esters is 1. The van der Waals surface area contributed by atoms with Gasteiger partial charge >= 0.3 is 12.1 Å². The number of carbonyl (C=O) groups excluding carboxylic acids is 3. The largest absolute Gasteiger partial charge is 0.452 e. The van der Waals surface area contributed by atoms with Crippen LogP contribution in [0.3, 0.4) is 0 Å². The number of amides is 2. The average Bonchev–Trinajstić information content (AvgIpc) is 2.49. The lowest BCUT2D eigenvalue weighted by Gasteiger charge is -2.08. The number of nitrogens with one attached hydrogen (secondary N) is 2. The van der Waals surface area contributed by atoms with Crippen LogP contribution in [0.5, 0.6) is 0 Å². The lowest BCUT2D eigenvalue weighted by atomic mass is 10.1. The number of hydrogen-bond acceptors (Lipinski definition) is 4. The van der Waals surface area contributed by atoms with Crippen molar-refractivity contribution in [3.8, 4) is 0 Å². The first-order chi connectivity index (χ1) is 10.2. The summed E-state index contributed by atoms with van der Waals surface area (Å²) in [5.74, 6) is -2.07. The molecule has 0 atom stereocenters. The van der Waals surface area contributed by atoms with E-state index in [-0.39, 0.29) is 12.1 Å². The smallest absolute Gasteiger partial charge is 0.416 e. The number of carbonyl (C=O) groups is 3. The Kier molecular flexibility index (Phi) is 5.90. The summed E-state index contributed by atoms with van der Waals surface area (Å²) in [6.45, 7) is -0.913. The zero-order valence-electron chi connectivity index (χ0n) is 11.5.